The molecule has 1 N–H and O–H groups in total. The van der Waals surface area contributed by atoms with Crippen LogP contribution in [0.25, 0.3) is 0 Å². The Morgan fingerprint density at radius 2 is 2.05 bits per heavy atom. The summed E-state index contributed by atoms with van der Waals surface area (Å²) < 4.78 is 5.55. The summed E-state index contributed by atoms with van der Waals surface area (Å²) >= 11 is 0. The number of nitrogens with zero attached hydrogens (tertiary/aromatic N) is 2. The van der Waals surface area contributed by atoms with Crippen LogP contribution in [0.1, 0.15) is 66.9 Å². The van der Waals surface area contributed by atoms with Crippen molar-refractivity contribution in [2.24, 2.45) is 0 Å². The number of aryl methyl sites for hydroxylation is 1. The van der Waals surface area contributed by atoms with Crippen LogP contribution in [-0.4, -0.2) is 16.7 Å². The van der Waals surface area contributed by atoms with Gasteiger partial charge in [-0.3, -0.25) is 0 Å². The van der Waals surface area contributed by atoms with Crippen LogP contribution in [0.5, 0.6) is 0 Å². The Hall–Kier alpha value is -1.68. The molecule has 2 atom stereocenters. The number of piperidine rings is 1. The van der Waals surface area contributed by atoms with Gasteiger partial charge in [-0.2, -0.15) is 4.98 Å². The Morgan fingerprint density at radius 3 is 2.95 bits per heavy atom. The number of hydrogen-bond acceptors (Lipinski definition) is 4. The summed E-state index contributed by atoms with van der Waals surface area (Å²) in [5.41, 5.74) is 2.82. The summed E-state index contributed by atoms with van der Waals surface area (Å²) in [7, 11) is 0. The second-order valence-electron chi connectivity index (χ2n) is 6.14. The molecule has 1 aromatic carbocycles. The van der Waals surface area contributed by atoms with Crippen molar-refractivity contribution in [2.75, 3.05) is 6.54 Å². The second kappa shape index (κ2) is 5.60. The van der Waals surface area contributed by atoms with E-state index in [1.165, 1.54) is 36.8 Å². The minimum atomic E-state index is 0.249. The van der Waals surface area contributed by atoms with E-state index in [2.05, 4.69) is 34.7 Å². The summed E-state index contributed by atoms with van der Waals surface area (Å²) in [6.45, 7) is 1.05. The van der Waals surface area contributed by atoms with E-state index in [1.807, 2.05) is 0 Å². The zero-order chi connectivity index (χ0) is 14.1. The number of rotatable bonds is 2. The molecule has 4 nitrogen and oxygen atoms in total. The minimum Gasteiger partial charge on any atom is -0.338 e. The smallest absolute Gasteiger partial charge is 0.243 e. The van der Waals surface area contributed by atoms with Gasteiger partial charge in [0.05, 0.1) is 6.04 Å². The fourth-order valence-electron chi connectivity index (χ4n) is 3.62. The van der Waals surface area contributed by atoms with Crippen LogP contribution in [0.4, 0.5) is 0 Å². The molecule has 0 amide bonds. The fraction of sp³-hybridized carbons (Fsp3) is 0.529. The molecule has 0 radical (unpaired) electrons. The molecule has 21 heavy (non-hydrogen) atoms. The zero-order valence-corrected chi connectivity index (χ0v) is 12.2. The van der Waals surface area contributed by atoms with E-state index < -0.39 is 0 Å². The Balaban J connectivity index is 1.61. The standard InChI is InChI=1S/C17H21N3O/c1-2-8-13-12(6-1)7-5-9-14(13)16-19-17(21-20-16)15-10-3-4-11-18-15/h1-2,6,8,14-15,18H,3-5,7,9-11H2/t14?,15-/m1/s1. The third kappa shape index (κ3) is 2.48. The molecule has 4 heteroatoms. The van der Waals surface area contributed by atoms with Gasteiger partial charge in [-0.05, 0) is 49.8 Å². The third-order valence-electron chi connectivity index (χ3n) is 4.75. The number of nitrogens with one attached hydrogen (secondary N) is 1. The largest absolute Gasteiger partial charge is 0.338 e. The van der Waals surface area contributed by atoms with Gasteiger partial charge in [0, 0.05) is 5.92 Å². The van der Waals surface area contributed by atoms with Gasteiger partial charge in [0.25, 0.3) is 0 Å². The lowest BCUT2D eigenvalue weighted by molar-refractivity contribution is 0.295. The normalized spacial score (nSPS) is 25.5. The summed E-state index contributed by atoms with van der Waals surface area (Å²) in [6.07, 6.45) is 7.07. The van der Waals surface area contributed by atoms with Crippen molar-refractivity contribution in [3.8, 4) is 0 Å². The molecule has 2 heterocycles. The predicted octanol–water partition coefficient (Wildman–Crippen LogP) is 3.35. The highest BCUT2D eigenvalue weighted by Gasteiger charge is 2.28. The molecule has 1 unspecified atom stereocenters. The molecule has 1 saturated heterocycles. The van der Waals surface area contributed by atoms with Gasteiger partial charge >= 0.3 is 0 Å². The number of hydrogen-bond donors (Lipinski definition) is 1. The first-order valence-electron chi connectivity index (χ1n) is 8.06. The summed E-state index contributed by atoms with van der Waals surface area (Å²) in [5.74, 6) is 1.94. The zero-order valence-electron chi connectivity index (χ0n) is 12.2. The van der Waals surface area contributed by atoms with Crippen molar-refractivity contribution in [3.63, 3.8) is 0 Å². The summed E-state index contributed by atoms with van der Waals surface area (Å²) in [4.78, 5) is 4.72. The Labute approximate surface area is 124 Å². The minimum absolute atomic E-state index is 0.249. The molecule has 110 valence electrons. The molecule has 1 fully saturated rings. The molecular weight excluding hydrogens is 262 g/mol. The van der Waals surface area contributed by atoms with E-state index >= 15 is 0 Å². The Kier molecular flexibility index (Phi) is 3.47. The molecular formula is C17H21N3O. The number of fused-ring (bicyclic) bond motifs is 1. The van der Waals surface area contributed by atoms with E-state index in [9.17, 15) is 0 Å². The van der Waals surface area contributed by atoms with Crippen molar-refractivity contribution < 1.29 is 4.52 Å². The lowest BCUT2D eigenvalue weighted by Gasteiger charge is -2.23. The lowest BCUT2D eigenvalue weighted by Crippen LogP contribution is -2.27. The van der Waals surface area contributed by atoms with Crippen LogP contribution >= 0.6 is 0 Å². The van der Waals surface area contributed by atoms with Crippen LogP contribution in [0, 0.1) is 0 Å². The molecule has 2 aromatic rings. The highest BCUT2D eigenvalue weighted by atomic mass is 16.5. The third-order valence-corrected chi connectivity index (χ3v) is 4.75. The van der Waals surface area contributed by atoms with Gasteiger partial charge in [0.15, 0.2) is 5.82 Å². The molecule has 0 bridgehead atoms. The maximum absolute atomic E-state index is 5.55. The lowest BCUT2D eigenvalue weighted by atomic mass is 9.82. The highest BCUT2D eigenvalue weighted by molar-refractivity contribution is 5.36. The number of benzene rings is 1. The van der Waals surface area contributed by atoms with Crippen molar-refractivity contribution in [1.82, 2.24) is 15.5 Å². The first-order chi connectivity index (χ1) is 10.4. The molecule has 1 aliphatic carbocycles. The van der Waals surface area contributed by atoms with Gasteiger partial charge in [-0.1, -0.05) is 35.8 Å². The van der Waals surface area contributed by atoms with E-state index in [0.29, 0.717) is 5.92 Å². The second-order valence-corrected chi connectivity index (χ2v) is 6.14. The Morgan fingerprint density at radius 1 is 1.10 bits per heavy atom. The fourth-order valence-corrected chi connectivity index (χ4v) is 3.62. The van der Waals surface area contributed by atoms with E-state index in [4.69, 9.17) is 9.51 Å². The Bertz CT molecular complexity index is 616. The summed E-state index contributed by atoms with van der Waals surface area (Å²) in [6, 6.07) is 8.92. The first kappa shape index (κ1) is 13.0. The van der Waals surface area contributed by atoms with Gasteiger partial charge < -0.3 is 9.84 Å². The van der Waals surface area contributed by atoms with Gasteiger partial charge in [-0.25, -0.2) is 0 Å². The average Bonchev–Trinajstić information content (AvgIpc) is 3.05. The molecule has 1 aromatic heterocycles. The van der Waals surface area contributed by atoms with Crippen LogP contribution in [0.15, 0.2) is 28.8 Å². The molecule has 0 saturated carbocycles. The van der Waals surface area contributed by atoms with Crippen LogP contribution in [0.3, 0.4) is 0 Å². The van der Waals surface area contributed by atoms with E-state index in [-0.39, 0.29) is 6.04 Å². The first-order valence-corrected chi connectivity index (χ1v) is 8.06. The van der Waals surface area contributed by atoms with Crippen molar-refractivity contribution in [3.05, 3.63) is 47.1 Å². The van der Waals surface area contributed by atoms with E-state index in [1.54, 1.807) is 0 Å². The molecule has 2 aliphatic rings. The maximum atomic E-state index is 5.55. The maximum Gasteiger partial charge on any atom is 0.243 e. The van der Waals surface area contributed by atoms with Gasteiger partial charge in [0.1, 0.15) is 0 Å². The highest BCUT2D eigenvalue weighted by Crippen LogP contribution is 2.35. The molecule has 1 aliphatic heterocycles. The molecule has 4 rings (SSSR count). The number of aromatic nitrogens is 2. The quantitative estimate of drug-likeness (QED) is 0.918. The van der Waals surface area contributed by atoms with Gasteiger partial charge in [0.2, 0.25) is 5.89 Å². The van der Waals surface area contributed by atoms with Crippen molar-refractivity contribution in [1.29, 1.82) is 0 Å². The van der Waals surface area contributed by atoms with Crippen molar-refractivity contribution >= 4 is 0 Å². The van der Waals surface area contributed by atoms with Crippen molar-refractivity contribution in [2.45, 2.75) is 50.5 Å². The van der Waals surface area contributed by atoms with Crippen LogP contribution < -0.4 is 5.32 Å². The summed E-state index contributed by atoms with van der Waals surface area (Å²) in [5, 5.41) is 7.76. The van der Waals surface area contributed by atoms with Crippen LogP contribution in [-0.2, 0) is 6.42 Å². The predicted molar refractivity (Wildman–Crippen MR) is 80.1 cm³/mol. The van der Waals surface area contributed by atoms with Crippen LogP contribution in [0.2, 0.25) is 0 Å². The SMILES string of the molecule is c1ccc2c(c1)CCCC2c1noc([C@H]2CCCCN2)n1. The van der Waals surface area contributed by atoms with E-state index in [0.717, 1.165) is 31.1 Å². The van der Waals surface area contributed by atoms with Gasteiger partial charge in [-0.15, -0.1) is 0 Å². The monoisotopic (exact) mass is 283 g/mol. The topological polar surface area (TPSA) is 51.0 Å². The molecule has 0 spiro atoms. The average molecular weight is 283 g/mol.